The molecule has 1 amide bonds. The van der Waals surface area contributed by atoms with Crippen LogP contribution in [-0.2, 0) is 5.41 Å². The van der Waals surface area contributed by atoms with Gasteiger partial charge in [0, 0.05) is 33.3 Å². The first-order chi connectivity index (χ1) is 12.1. The molecule has 0 saturated heterocycles. The number of hydrogen-bond acceptors (Lipinski definition) is 5. The van der Waals surface area contributed by atoms with Crippen molar-refractivity contribution < 1.29 is 14.8 Å². The summed E-state index contributed by atoms with van der Waals surface area (Å²) in [6.07, 6.45) is 1.35. The molecule has 0 aliphatic carbocycles. The van der Waals surface area contributed by atoms with Crippen molar-refractivity contribution in [1.29, 1.82) is 0 Å². The molecule has 0 spiro atoms. The number of non-ortho nitro benzene ring substituents is 1. The maximum absolute atomic E-state index is 12.0. The smallest absolute Gasteiger partial charge is 0.271 e. The van der Waals surface area contributed by atoms with E-state index in [9.17, 15) is 20.0 Å². The highest BCUT2D eigenvalue weighted by atomic mass is 79.9. The molecule has 0 radical (unpaired) electrons. The lowest BCUT2D eigenvalue weighted by molar-refractivity contribution is -0.384. The fourth-order valence-corrected chi connectivity index (χ4v) is 2.73. The minimum absolute atomic E-state index is 0.0917. The Morgan fingerprint density at radius 1 is 1.27 bits per heavy atom. The number of nitro groups is 1. The number of carbonyl (C=O) groups excluding carboxylic acids is 1. The highest BCUT2D eigenvalue weighted by Gasteiger charge is 2.20. The second kappa shape index (κ2) is 7.65. The molecule has 0 atom stereocenters. The Kier molecular flexibility index (Phi) is 5.76. The van der Waals surface area contributed by atoms with Crippen LogP contribution >= 0.6 is 15.9 Å². The molecule has 0 bridgehead atoms. The van der Waals surface area contributed by atoms with Crippen LogP contribution in [0.2, 0.25) is 0 Å². The number of nitro benzene ring substituents is 1. The van der Waals surface area contributed by atoms with Gasteiger partial charge in [-0.1, -0.05) is 36.7 Å². The lowest BCUT2D eigenvalue weighted by Gasteiger charge is -2.21. The van der Waals surface area contributed by atoms with E-state index in [1.807, 2.05) is 26.8 Å². The van der Waals surface area contributed by atoms with Crippen LogP contribution in [0.3, 0.4) is 0 Å². The first kappa shape index (κ1) is 19.6. The van der Waals surface area contributed by atoms with E-state index < -0.39 is 10.8 Å². The van der Waals surface area contributed by atoms with Crippen molar-refractivity contribution in [3.05, 3.63) is 67.7 Å². The monoisotopic (exact) mass is 419 g/mol. The number of nitrogens with zero attached hydrogens (tertiary/aromatic N) is 2. The fourth-order valence-electron chi connectivity index (χ4n) is 2.25. The number of nitrogens with one attached hydrogen (secondary N) is 1. The quantitative estimate of drug-likeness (QED) is 0.441. The van der Waals surface area contributed by atoms with E-state index >= 15 is 0 Å². The zero-order valence-electron chi connectivity index (χ0n) is 14.5. The van der Waals surface area contributed by atoms with Crippen molar-refractivity contribution in [1.82, 2.24) is 5.43 Å². The average Bonchev–Trinajstić information content (AvgIpc) is 2.56. The molecule has 8 heteroatoms. The van der Waals surface area contributed by atoms with Crippen LogP contribution < -0.4 is 5.43 Å². The van der Waals surface area contributed by atoms with Gasteiger partial charge in [0.05, 0.1) is 11.1 Å². The van der Waals surface area contributed by atoms with Crippen LogP contribution in [0.5, 0.6) is 5.75 Å². The SMILES string of the molecule is CC(C)(C)c1cc(Br)cc(/C=N\NC(=O)c2ccc([N+](=O)[O-])cc2)c1O. The van der Waals surface area contributed by atoms with Crippen molar-refractivity contribution in [3.63, 3.8) is 0 Å². The summed E-state index contributed by atoms with van der Waals surface area (Å²) < 4.78 is 0.781. The topological polar surface area (TPSA) is 105 Å². The maximum Gasteiger partial charge on any atom is 0.271 e. The zero-order valence-corrected chi connectivity index (χ0v) is 16.1. The second-order valence-corrected chi connectivity index (χ2v) is 7.56. The summed E-state index contributed by atoms with van der Waals surface area (Å²) in [7, 11) is 0. The third-order valence-corrected chi connectivity index (χ3v) is 4.08. The highest BCUT2D eigenvalue weighted by Crippen LogP contribution is 2.35. The highest BCUT2D eigenvalue weighted by molar-refractivity contribution is 9.10. The van der Waals surface area contributed by atoms with E-state index in [4.69, 9.17) is 0 Å². The Balaban J connectivity index is 2.16. The Labute approximate surface area is 159 Å². The van der Waals surface area contributed by atoms with Gasteiger partial charge in [-0.15, -0.1) is 0 Å². The second-order valence-electron chi connectivity index (χ2n) is 6.64. The van der Waals surface area contributed by atoms with Crippen molar-refractivity contribution in [2.45, 2.75) is 26.2 Å². The number of aromatic hydroxyl groups is 1. The molecule has 0 unspecified atom stereocenters. The zero-order chi connectivity index (χ0) is 19.5. The van der Waals surface area contributed by atoms with Crippen LogP contribution in [0.25, 0.3) is 0 Å². The number of hydrogen-bond donors (Lipinski definition) is 2. The number of rotatable bonds is 4. The lowest BCUT2D eigenvalue weighted by atomic mass is 9.85. The molecule has 0 aromatic heterocycles. The molecule has 0 aliphatic rings. The summed E-state index contributed by atoms with van der Waals surface area (Å²) in [6.45, 7) is 5.93. The Bertz CT molecular complexity index is 871. The molecule has 26 heavy (non-hydrogen) atoms. The molecule has 2 N–H and O–H groups in total. The summed E-state index contributed by atoms with van der Waals surface area (Å²) in [6, 6.07) is 8.70. The van der Waals surface area contributed by atoms with Crippen molar-refractivity contribution >= 4 is 33.7 Å². The fraction of sp³-hybridized carbons (Fsp3) is 0.222. The molecule has 2 aromatic carbocycles. The van der Waals surface area contributed by atoms with E-state index in [1.54, 1.807) is 6.07 Å². The maximum atomic E-state index is 12.0. The number of amides is 1. The van der Waals surface area contributed by atoms with Crippen LogP contribution in [0.15, 0.2) is 46.0 Å². The number of phenols is 1. The predicted molar refractivity (Wildman–Crippen MR) is 103 cm³/mol. The first-order valence-corrected chi connectivity index (χ1v) is 8.50. The van der Waals surface area contributed by atoms with Gasteiger partial charge in [-0.3, -0.25) is 14.9 Å². The van der Waals surface area contributed by atoms with Gasteiger partial charge < -0.3 is 5.11 Å². The summed E-state index contributed by atoms with van der Waals surface area (Å²) in [5, 5.41) is 24.9. The standard InChI is InChI=1S/C18H18BrN3O4/c1-18(2,3)15-9-13(19)8-12(16(15)23)10-20-21-17(24)11-4-6-14(7-5-11)22(25)26/h4-10,23H,1-3H3,(H,21,24)/b20-10-. The van der Waals surface area contributed by atoms with E-state index in [0.29, 0.717) is 5.56 Å². The molecule has 0 heterocycles. The van der Waals surface area contributed by atoms with Gasteiger partial charge in [0.2, 0.25) is 0 Å². The summed E-state index contributed by atoms with van der Waals surface area (Å²) in [4.78, 5) is 22.1. The molecule has 0 saturated carbocycles. The molecule has 136 valence electrons. The molecular weight excluding hydrogens is 402 g/mol. The minimum Gasteiger partial charge on any atom is -0.507 e. The number of halogens is 1. The number of hydrazone groups is 1. The Hall–Kier alpha value is -2.74. The molecule has 0 fully saturated rings. The van der Waals surface area contributed by atoms with Gasteiger partial charge in [-0.25, -0.2) is 5.43 Å². The number of benzene rings is 2. The van der Waals surface area contributed by atoms with Gasteiger partial charge in [0.15, 0.2) is 0 Å². The van der Waals surface area contributed by atoms with Crippen LogP contribution in [0, 0.1) is 10.1 Å². The third-order valence-electron chi connectivity index (χ3n) is 3.62. The largest absolute Gasteiger partial charge is 0.507 e. The van der Waals surface area contributed by atoms with Crippen molar-refractivity contribution in [3.8, 4) is 5.75 Å². The Morgan fingerprint density at radius 2 is 1.88 bits per heavy atom. The van der Waals surface area contributed by atoms with Gasteiger partial charge in [0.25, 0.3) is 11.6 Å². The van der Waals surface area contributed by atoms with Gasteiger partial charge in [-0.05, 0) is 29.7 Å². The summed E-state index contributed by atoms with van der Waals surface area (Å²) in [5.74, 6) is -0.421. The number of phenolic OH excluding ortho intramolecular Hbond substituents is 1. The van der Waals surface area contributed by atoms with Gasteiger partial charge in [0.1, 0.15) is 5.75 Å². The van der Waals surface area contributed by atoms with Gasteiger partial charge in [-0.2, -0.15) is 5.10 Å². The van der Waals surface area contributed by atoms with Crippen LogP contribution in [-0.4, -0.2) is 22.2 Å². The van der Waals surface area contributed by atoms with E-state index in [-0.39, 0.29) is 22.4 Å². The minimum atomic E-state index is -0.539. The summed E-state index contributed by atoms with van der Waals surface area (Å²) >= 11 is 3.40. The molecule has 0 aliphatic heterocycles. The van der Waals surface area contributed by atoms with E-state index in [2.05, 4.69) is 26.5 Å². The number of carbonyl (C=O) groups is 1. The summed E-state index contributed by atoms with van der Waals surface area (Å²) in [5.41, 5.74) is 3.41. The van der Waals surface area contributed by atoms with Crippen molar-refractivity contribution in [2.75, 3.05) is 0 Å². The van der Waals surface area contributed by atoms with Crippen LogP contribution in [0.1, 0.15) is 42.3 Å². The van der Waals surface area contributed by atoms with E-state index in [1.165, 1.54) is 30.5 Å². The normalized spacial score (nSPS) is 11.5. The third kappa shape index (κ3) is 4.66. The predicted octanol–water partition coefficient (Wildman–Crippen LogP) is 4.12. The van der Waals surface area contributed by atoms with E-state index in [0.717, 1.165) is 10.0 Å². The molecule has 7 nitrogen and oxygen atoms in total. The lowest BCUT2D eigenvalue weighted by Crippen LogP contribution is -2.17. The first-order valence-electron chi connectivity index (χ1n) is 7.70. The van der Waals surface area contributed by atoms with Crippen molar-refractivity contribution in [2.24, 2.45) is 5.10 Å². The molecule has 2 aromatic rings. The molecular formula is C18H18BrN3O4. The van der Waals surface area contributed by atoms with Gasteiger partial charge >= 0.3 is 0 Å². The average molecular weight is 420 g/mol. The molecule has 2 rings (SSSR count). The Morgan fingerprint density at radius 3 is 2.42 bits per heavy atom. The van der Waals surface area contributed by atoms with Crippen LogP contribution in [0.4, 0.5) is 5.69 Å².